The van der Waals surface area contributed by atoms with Gasteiger partial charge in [0.05, 0.1) is 11.3 Å². The molecule has 1 aliphatic rings. The fourth-order valence-electron chi connectivity index (χ4n) is 3.73. The third-order valence-electron chi connectivity index (χ3n) is 5.36. The smallest absolute Gasteiger partial charge is 0.0920 e. The summed E-state index contributed by atoms with van der Waals surface area (Å²) in [5, 5.41) is 11.7. The Balaban J connectivity index is 1.42. The first kappa shape index (κ1) is 18.2. The minimum Gasteiger partial charge on any atom is -0.385 e. The molecule has 2 aromatic carbocycles. The lowest BCUT2D eigenvalue weighted by molar-refractivity contribution is -0.0277. The lowest BCUT2D eigenvalue weighted by atomic mass is 9.84. The Labute approximate surface area is 165 Å². The van der Waals surface area contributed by atoms with Crippen molar-refractivity contribution in [2.75, 3.05) is 13.1 Å². The first-order valence-corrected chi connectivity index (χ1v) is 9.71. The highest BCUT2D eigenvalue weighted by Crippen LogP contribution is 2.34. The molecule has 0 radical (unpaired) electrons. The van der Waals surface area contributed by atoms with Crippen LogP contribution in [0.1, 0.15) is 24.0 Å². The van der Waals surface area contributed by atoms with Gasteiger partial charge in [0.15, 0.2) is 0 Å². The molecule has 0 unspecified atom stereocenters. The normalized spacial score (nSPS) is 17.0. The van der Waals surface area contributed by atoms with Gasteiger partial charge in [-0.25, -0.2) is 0 Å². The van der Waals surface area contributed by atoms with Gasteiger partial charge in [0, 0.05) is 36.4 Å². The van der Waals surface area contributed by atoms with Crippen molar-refractivity contribution in [1.82, 2.24) is 9.88 Å². The second-order valence-electron chi connectivity index (χ2n) is 7.23. The molecule has 3 nitrogen and oxygen atoms in total. The Morgan fingerprint density at radius 1 is 0.963 bits per heavy atom. The van der Waals surface area contributed by atoms with Crippen molar-refractivity contribution in [2.45, 2.75) is 25.0 Å². The maximum Gasteiger partial charge on any atom is 0.0920 e. The molecule has 4 heteroatoms. The van der Waals surface area contributed by atoms with E-state index in [4.69, 9.17) is 11.6 Å². The van der Waals surface area contributed by atoms with Crippen molar-refractivity contribution >= 4 is 11.6 Å². The van der Waals surface area contributed by atoms with Crippen molar-refractivity contribution in [3.05, 3.63) is 89.1 Å². The summed E-state index contributed by atoms with van der Waals surface area (Å²) in [4.78, 5) is 6.90. The number of nitrogens with zero attached hydrogens (tertiary/aromatic N) is 2. The van der Waals surface area contributed by atoms with Crippen LogP contribution in [-0.2, 0) is 12.1 Å². The van der Waals surface area contributed by atoms with E-state index < -0.39 is 5.60 Å². The number of rotatable bonds is 4. The summed E-state index contributed by atoms with van der Waals surface area (Å²) >= 11 is 5.97. The van der Waals surface area contributed by atoms with Crippen LogP contribution in [0.15, 0.2) is 72.9 Å². The second kappa shape index (κ2) is 7.81. The highest BCUT2D eigenvalue weighted by Gasteiger charge is 2.33. The van der Waals surface area contributed by atoms with Crippen LogP contribution < -0.4 is 0 Å². The minimum absolute atomic E-state index is 0.701. The van der Waals surface area contributed by atoms with Crippen LogP contribution in [0.2, 0.25) is 5.02 Å². The topological polar surface area (TPSA) is 36.4 Å². The summed E-state index contributed by atoms with van der Waals surface area (Å²) in [5.74, 6) is 0. The van der Waals surface area contributed by atoms with E-state index in [1.165, 1.54) is 5.56 Å². The molecule has 0 saturated carbocycles. The number of aromatic nitrogens is 1. The number of benzene rings is 2. The van der Waals surface area contributed by atoms with Gasteiger partial charge in [-0.05, 0) is 48.2 Å². The third kappa shape index (κ3) is 4.22. The summed E-state index contributed by atoms with van der Waals surface area (Å²) in [5.41, 5.74) is 3.59. The SMILES string of the molecule is OC1(c2ccc(Cl)cc2)CCN(Cc2ccnc(-c3ccccc3)c2)CC1. The Bertz CT molecular complexity index is 888. The van der Waals surface area contributed by atoms with Gasteiger partial charge >= 0.3 is 0 Å². The first-order valence-electron chi connectivity index (χ1n) is 9.34. The van der Waals surface area contributed by atoms with Gasteiger partial charge in [-0.1, -0.05) is 54.1 Å². The van der Waals surface area contributed by atoms with Crippen LogP contribution in [0.25, 0.3) is 11.3 Å². The van der Waals surface area contributed by atoms with Crippen LogP contribution in [-0.4, -0.2) is 28.1 Å². The van der Waals surface area contributed by atoms with Crippen molar-refractivity contribution in [1.29, 1.82) is 0 Å². The third-order valence-corrected chi connectivity index (χ3v) is 5.62. The van der Waals surface area contributed by atoms with Crippen molar-refractivity contribution < 1.29 is 5.11 Å². The average Bonchev–Trinajstić information content (AvgIpc) is 2.71. The zero-order valence-electron chi connectivity index (χ0n) is 15.2. The monoisotopic (exact) mass is 378 g/mol. The Kier molecular flexibility index (Phi) is 5.26. The van der Waals surface area contributed by atoms with Gasteiger partial charge in [-0.15, -0.1) is 0 Å². The molecular weight excluding hydrogens is 356 g/mol. The van der Waals surface area contributed by atoms with Crippen molar-refractivity contribution in [3.63, 3.8) is 0 Å². The number of pyridine rings is 1. The van der Waals surface area contributed by atoms with E-state index in [0.717, 1.165) is 49.3 Å². The fraction of sp³-hybridized carbons (Fsp3) is 0.261. The Morgan fingerprint density at radius 2 is 1.67 bits per heavy atom. The summed E-state index contributed by atoms with van der Waals surface area (Å²) in [6, 6.07) is 22.1. The maximum atomic E-state index is 11.0. The average molecular weight is 379 g/mol. The summed E-state index contributed by atoms with van der Waals surface area (Å²) < 4.78 is 0. The minimum atomic E-state index is -0.755. The molecule has 0 aliphatic carbocycles. The van der Waals surface area contributed by atoms with Crippen molar-refractivity contribution in [2.24, 2.45) is 0 Å². The molecule has 1 aromatic heterocycles. The van der Waals surface area contributed by atoms with Gasteiger partial charge in [0.1, 0.15) is 0 Å². The van der Waals surface area contributed by atoms with Crippen LogP contribution in [0.4, 0.5) is 0 Å². The van der Waals surface area contributed by atoms with E-state index in [2.05, 4.69) is 34.1 Å². The van der Waals surface area contributed by atoms with Crippen LogP contribution in [0.3, 0.4) is 0 Å². The van der Waals surface area contributed by atoms with Crippen molar-refractivity contribution in [3.8, 4) is 11.3 Å². The maximum absolute atomic E-state index is 11.0. The quantitative estimate of drug-likeness (QED) is 0.702. The summed E-state index contributed by atoms with van der Waals surface area (Å²) in [7, 11) is 0. The number of aliphatic hydroxyl groups is 1. The number of hydrogen-bond donors (Lipinski definition) is 1. The van der Waals surface area contributed by atoms with Gasteiger partial charge in [0.2, 0.25) is 0 Å². The van der Waals surface area contributed by atoms with E-state index in [1.54, 1.807) is 0 Å². The predicted molar refractivity (Wildman–Crippen MR) is 110 cm³/mol. The number of likely N-dealkylation sites (tertiary alicyclic amines) is 1. The van der Waals surface area contributed by atoms with Crippen LogP contribution in [0.5, 0.6) is 0 Å². The Hall–Kier alpha value is -2.20. The van der Waals surface area contributed by atoms with Crippen LogP contribution >= 0.6 is 11.6 Å². The lowest BCUT2D eigenvalue weighted by Gasteiger charge is -2.38. The van der Waals surface area contributed by atoms with E-state index >= 15 is 0 Å². The molecule has 2 heterocycles. The molecular formula is C23H23ClN2O. The first-order chi connectivity index (χ1) is 13.1. The molecule has 0 spiro atoms. The largest absolute Gasteiger partial charge is 0.385 e. The van der Waals surface area contributed by atoms with Gasteiger partial charge in [-0.3, -0.25) is 9.88 Å². The molecule has 0 atom stereocenters. The zero-order chi connectivity index (χ0) is 18.7. The standard InChI is InChI=1S/C23H23ClN2O/c24-21-8-6-20(7-9-21)23(27)11-14-26(15-12-23)17-18-10-13-25-22(16-18)19-4-2-1-3-5-19/h1-10,13,16,27H,11-12,14-15,17H2. The highest BCUT2D eigenvalue weighted by atomic mass is 35.5. The molecule has 3 aromatic rings. The predicted octanol–water partition coefficient (Wildman–Crippen LogP) is 4.89. The van der Waals surface area contributed by atoms with Gasteiger partial charge in [0.25, 0.3) is 0 Å². The molecule has 0 amide bonds. The summed E-state index contributed by atoms with van der Waals surface area (Å²) in [6.07, 6.45) is 3.34. The fourth-order valence-corrected chi connectivity index (χ4v) is 3.85. The molecule has 1 aliphatic heterocycles. The molecule has 1 N–H and O–H groups in total. The molecule has 0 bridgehead atoms. The summed E-state index contributed by atoms with van der Waals surface area (Å²) in [6.45, 7) is 2.60. The lowest BCUT2D eigenvalue weighted by Crippen LogP contribution is -2.42. The van der Waals surface area contributed by atoms with Crippen LogP contribution in [0, 0.1) is 0 Å². The molecule has 138 valence electrons. The number of hydrogen-bond acceptors (Lipinski definition) is 3. The van der Waals surface area contributed by atoms with E-state index in [1.807, 2.05) is 48.7 Å². The second-order valence-corrected chi connectivity index (χ2v) is 7.67. The number of halogens is 1. The van der Waals surface area contributed by atoms with E-state index in [-0.39, 0.29) is 0 Å². The molecule has 1 saturated heterocycles. The van der Waals surface area contributed by atoms with Gasteiger partial charge in [-0.2, -0.15) is 0 Å². The molecule has 27 heavy (non-hydrogen) atoms. The number of piperidine rings is 1. The highest BCUT2D eigenvalue weighted by molar-refractivity contribution is 6.30. The Morgan fingerprint density at radius 3 is 2.37 bits per heavy atom. The molecule has 1 fully saturated rings. The molecule has 4 rings (SSSR count). The van der Waals surface area contributed by atoms with Gasteiger partial charge < -0.3 is 5.11 Å². The van der Waals surface area contributed by atoms with E-state index in [9.17, 15) is 5.11 Å². The zero-order valence-corrected chi connectivity index (χ0v) is 15.9. The van der Waals surface area contributed by atoms with E-state index in [0.29, 0.717) is 5.02 Å².